The van der Waals surface area contributed by atoms with E-state index in [2.05, 4.69) is 5.32 Å². The van der Waals surface area contributed by atoms with Crippen LogP contribution in [-0.2, 0) is 16.1 Å². The highest BCUT2D eigenvalue weighted by atomic mass is 19.1. The lowest BCUT2D eigenvalue weighted by Crippen LogP contribution is -2.09. The van der Waals surface area contributed by atoms with E-state index >= 15 is 0 Å². The van der Waals surface area contributed by atoms with Crippen molar-refractivity contribution >= 4 is 17.2 Å². The Hall–Kier alpha value is -3.60. The molecular weight excluding hydrogens is 369 g/mol. The van der Waals surface area contributed by atoms with E-state index in [1.807, 2.05) is 30.3 Å². The highest BCUT2D eigenvalue weighted by molar-refractivity contribution is 6.16. The molecular formula is C24H22FNO3. The maximum absolute atomic E-state index is 13.8. The Labute approximate surface area is 169 Å². The minimum Gasteiger partial charge on any atom is -0.489 e. The van der Waals surface area contributed by atoms with Crippen LogP contribution in [0.15, 0.2) is 85.1 Å². The first-order valence-electron chi connectivity index (χ1n) is 9.33. The van der Waals surface area contributed by atoms with Gasteiger partial charge in [-0.05, 0) is 42.3 Å². The molecule has 0 unspecified atom stereocenters. The lowest BCUT2D eigenvalue weighted by Gasteiger charge is -2.11. The highest BCUT2D eigenvalue weighted by Gasteiger charge is 2.14. The van der Waals surface area contributed by atoms with Crippen molar-refractivity contribution in [2.45, 2.75) is 13.5 Å². The van der Waals surface area contributed by atoms with Crippen LogP contribution < -0.4 is 10.1 Å². The van der Waals surface area contributed by atoms with Gasteiger partial charge >= 0.3 is 5.97 Å². The Morgan fingerprint density at radius 3 is 2.34 bits per heavy atom. The third-order valence-corrected chi connectivity index (χ3v) is 4.15. The van der Waals surface area contributed by atoms with E-state index < -0.39 is 11.8 Å². The zero-order valence-corrected chi connectivity index (χ0v) is 16.1. The van der Waals surface area contributed by atoms with Gasteiger partial charge in [0.2, 0.25) is 0 Å². The van der Waals surface area contributed by atoms with Crippen molar-refractivity contribution < 1.29 is 18.7 Å². The lowest BCUT2D eigenvalue weighted by atomic mass is 10.1. The molecule has 0 saturated carbocycles. The summed E-state index contributed by atoms with van der Waals surface area (Å²) >= 11 is 0. The second-order valence-corrected chi connectivity index (χ2v) is 6.20. The molecule has 3 aromatic rings. The number of para-hydroxylation sites is 1. The number of ether oxygens (including phenoxy) is 2. The first-order chi connectivity index (χ1) is 14.2. The van der Waals surface area contributed by atoms with Crippen LogP contribution in [0.25, 0.3) is 5.57 Å². The van der Waals surface area contributed by atoms with Crippen LogP contribution in [0, 0.1) is 5.82 Å². The first-order valence-corrected chi connectivity index (χ1v) is 9.33. The summed E-state index contributed by atoms with van der Waals surface area (Å²) < 4.78 is 24.8. The SMILES string of the molecule is CCOC(=O)/C(=C\Nc1ccccc1F)c1ccc(OCc2ccccc2)cc1. The normalized spacial score (nSPS) is 11.0. The molecule has 0 aromatic heterocycles. The first kappa shape index (κ1) is 20.1. The Bertz CT molecular complexity index is 969. The summed E-state index contributed by atoms with van der Waals surface area (Å²) in [7, 11) is 0. The van der Waals surface area contributed by atoms with Crippen LogP contribution in [0.3, 0.4) is 0 Å². The van der Waals surface area contributed by atoms with Crippen LogP contribution in [0.2, 0.25) is 0 Å². The molecule has 0 bridgehead atoms. The van der Waals surface area contributed by atoms with E-state index in [1.165, 1.54) is 12.3 Å². The minimum absolute atomic E-state index is 0.244. The molecule has 0 aliphatic heterocycles. The van der Waals surface area contributed by atoms with Gasteiger partial charge in [-0.15, -0.1) is 0 Å². The smallest absolute Gasteiger partial charge is 0.340 e. The van der Waals surface area contributed by atoms with Crippen LogP contribution >= 0.6 is 0 Å². The van der Waals surface area contributed by atoms with Gasteiger partial charge in [-0.1, -0.05) is 54.6 Å². The molecule has 0 amide bonds. The number of benzene rings is 3. The van der Waals surface area contributed by atoms with Gasteiger partial charge < -0.3 is 14.8 Å². The van der Waals surface area contributed by atoms with Crippen molar-refractivity contribution in [2.24, 2.45) is 0 Å². The number of nitrogens with one attached hydrogen (secondary N) is 1. The van der Waals surface area contributed by atoms with E-state index in [-0.39, 0.29) is 12.3 Å². The van der Waals surface area contributed by atoms with Crippen molar-refractivity contribution in [2.75, 3.05) is 11.9 Å². The van der Waals surface area contributed by atoms with Gasteiger partial charge in [0.05, 0.1) is 17.9 Å². The fourth-order valence-corrected chi connectivity index (χ4v) is 2.67. The Kier molecular flexibility index (Phi) is 7.00. The maximum Gasteiger partial charge on any atom is 0.340 e. The minimum atomic E-state index is -0.491. The fourth-order valence-electron chi connectivity index (χ4n) is 2.67. The number of carbonyl (C=O) groups is 1. The van der Waals surface area contributed by atoms with Crippen molar-refractivity contribution in [3.63, 3.8) is 0 Å². The molecule has 0 radical (unpaired) electrons. The van der Waals surface area contributed by atoms with Crippen molar-refractivity contribution in [3.05, 3.63) is 102 Å². The zero-order valence-electron chi connectivity index (χ0n) is 16.1. The monoisotopic (exact) mass is 391 g/mol. The summed E-state index contributed by atoms with van der Waals surface area (Å²) in [6.45, 7) is 2.43. The zero-order chi connectivity index (χ0) is 20.5. The van der Waals surface area contributed by atoms with Crippen LogP contribution in [0.5, 0.6) is 5.75 Å². The van der Waals surface area contributed by atoms with Crippen molar-refractivity contribution in [1.29, 1.82) is 0 Å². The van der Waals surface area contributed by atoms with Crippen molar-refractivity contribution in [3.8, 4) is 5.75 Å². The summed E-state index contributed by atoms with van der Waals surface area (Å²) in [4.78, 5) is 12.4. The molecule has 0 aliphatic rings. The fraction of sp³-hybridized carbons (Fsp3) is 0.125. The molecule has 0 heterocycles. The Morgan fingerprint density at radius 2 is 1.66 bits per heavy atom. The third kappa shape index (κ3) is 5.69. The number of hydrogen-bond acceptors (Lipinski definition) is 4. The number of anilines is 1. The number of halogens is 1. The van der Waals surface area contributed by atoms with Gasteiger partial charge in [0.1, 0.15) is 18.2 Å². The summed E-state index contributed by atoms with van der Waals surface area (Å²) in [5.74, 6) is -0.214. The molecule has 0 aliphatic carbocycles. The molecule has 148 valence electrons. The number of esters is 1. The number of hydrogen-bond donors (Lipinski definition) is 1. The summed E-state index contributed by atoms with van der Waals surface area (Å²) in [5.41, 5.74) is 2.28. The van der Waals surface area contributed by atoms with Gasteiger partial charge in [0.15, 0.2) is 0 Å². The summed E-state index contributed by atoms with van der Waals surface area (Å²) in [6.07, 6.45) is 1.45. The van der Waals surface area contributed by atoms with E-state index in [1.54, 1.807) is 49.4 Å². The average molecular weight is 391 g/mol. The average Bonchev–Trinajstić information content (AvgIpc) is 2.75. The van der Waals surface area contributed by atoms with Crippen LogP contribution in [0.1, 0.15) is 18.1 Å². The third-order valence-electron chi connectivity index (χ3n) is 4.15. The van der Waals surface area contributed by atoms with E-state index in [9.17, 15) is 9.18 Å². The highest BCUT2D eigenvalue weighted by Crippen LogP contribution is 2.22. The number of carbonyl (C=O) groups excluding carboxylic acids is 1. The molecule has 0 fully saturated rings. The van der Waals surface area contributed by atoms with Gasteiger partial charge in [-0.2, -0.15) is 0 Å². The molecule has 0 spiro atoms. The van der Waals surface area contributed by atoms with E-state index in [4.69, 9.17) is 9.47 Å². The quantitative estimate of drug-likeness (QED) is 0.411. The van der Waals surface area contributed by atoms with Gasteiger partial charge in [0, 0.05) is 6.20 Å². The van der Waals surface area contributed by atoms with Gasteiger partial charge in [-0.3, -0.25) is 0 Å². The predicted octanol–water partition coefficient (Wildman–Crippen LogP) is 5.42. The summed E-state index contributed by atoms with van der Waals surface area (Å²) in [6, 6.07) is 23.2. The predicted molar refractivity (Wildman–Crippen MR) is 112 cm³/mol. The second-order valence-electron chi connectivity index (χ2n) is 6.20. The van der Waals surface area contributed by atoms with Crippen LogP contribution in [0.4, 0.5) is 10.1 Å². The molecule has 0 atom stereocenters. The van der Waals surface area contributed by atoms with E-state index in [0.29, 0.717) is 23.5 Å². The summed E-state index contributed by atoms with van der Waals surface area (Å²) in [5, 5.41) is 2.84. The van der Waals surface area contributed by atoms with E-state index in [0.717, 1.165) is 5.56 Å². The lowest BCUT2D eigenvalue weighted by molar-refractivity contribution is -0.136. The molecule has 1 N–H and O–H groups in total. The topological polar surface area (TPSA) is 47.6 Å². The molecule has 3 aromatic carbocycles. The van der Waals surface area contributed by atoms with Gasteiger partial charge in [-0.25, -0.2) is 9.18 Å². The Morgan fingerprint density at radius 1 is 0.966 bits per heavy atom. The molecule has 0 saturated heterocycles. The maximum atomic E-state index is 13.8. The number of rotatable bonds is 8. The molecule has 4 nitrogen and oxygen atoms in total. The molecule has 3 rings (SSSR count). The second kappa shape index (κ2) is 10.1. The van der Waals surface area contributed by atoms with Crippen LogP contribution in [-0.4, -0.2) is 12.6 Å². The van der Waals surface area contributed by atoms with Gasteiger partial charge in [0.25, 0.3) is 0 Å². The standard InChI is InChI=1S/C24H22FNO3/c1-2-28-24(27)21(16-26-23-11-7-6-10-22(23)25)19-12-14-20(15-13-19)29-17-18-8-4-3-5-9-18/h3-16,26H,2,17H2,1H3/b21-16-. The van der Waals surface area contributed by atoms with Crippen molar-refractivity contribution in [1.82, 2.24) is 0 Å². The largest absolute Gasteiger partial charge is 0.489 e. The Balaban J connectivity index is 1.75. The molecule has 29 heavy (non-hydrogen) atoms. The molecule has 5 heteroatoms.